The molecule has 1 aromatic heterocycles. The summed E-state index contributed by atoms with van der Waals surface area (Å²) in [5.74, 6) is -1.23. The zero-order valence-corrected chi connectivity index (χ0v) is 9.77. The first-order valence-corrected chi connectivity index (χ1v) is 5.54. The molecule has 0 spiro atoms. The van der Waals surface area contributed by atoms with Gasteiger partial charge in [-0.2, -0.15) is 0 Å². The van der Waals surface area contributed by atoms with Crippen LogP contribution in [-0.4, -0.2) is 22.0 Å². The lowest BCUT2D eigenvalue weighted by Gasteiger charge is -2.07. The van der Waals surface area contributed by atoms with Gasteiger partial charge in [-0.3, -0.25) is 14.6 Å². The Bertz CT molecular complexity index is 404. The number of carboxylic acid groups (broad SMARTS) is 1. The summed E-state index contributed by atoms with van der Waals surface area (Å²) in [4.78, 5) is 25.8. The number of carbonyl (C=O) groups is 2. The number of pyridine rings is 1. The molecule has 1 rings (SSSR count). The summed E-state index contributed by atoms with van der Waals surface area (Å²) >= 11 is 0. The maximum atomic E-state index is 11.3. The van der Waals surface area contributed by atoms with Gasteiger partial charge >= 0.3 is 5.97 Å². The van der Waals surface area contributed by atoms with E-state index < -0.39 is 5.97 Å². The fourth-order valence-corrected chi connectivity index (χ4v) is 1.44. The minimum absolute atomic E-state index is 0.00360. The van der Waals surface area contributed by atoms with Crippen LogP contribution in [0.3, 0.4) is 0 Å². The molecule has 0 aromatic carbocycles. The standard InChI is InChI=1S/C12H16N2O3/c1-2-9-4-3-7-13-10(9)8-14-11(15)5-6-12(16)17/h3-4,7H,2,5-6,8H2,1H3,(H,14,15)(H,16,17). The van der Waals surface area contributed by atoms with Crippen LogP contribution in [0.1, 0.15) is 31.0 Å². The summed E-state index contributed by atoms with van der Waals surface area (Å²) in [5, 5.41) is 11.1. The first-order valence-electron chi connectivity index (χ1n) is 5.54. The highest BCUT2D eigenvalue weighted by atomic mass is 16.4. The van der Waals surface area contributed by atoms with Gasteiger partial charge < -0.3 is 10.4 Å². The molecule has 0 aliphatic rings. The summed E-state index contributed by atoms with van der Waals surface area (Å²) in [5.41, 5.74) is 1.92. The van der Waals surface area contributed by atoms with Crippen LogP contribution in [0.15, 0.2) is 18.3 Å². The second-order valence-corrected chi connectivity index (χ2v) is 3.63. The maximum absolute atomic E-state index is 11.3. The van der Waals surface area contributed by atoms with Gasteiger partial charge in [0.05, 0.1) is 18.7 Å². The van der Waals surface area contributed by atoms with Crippen molar-refractivity contribution < 1.29 is 14.7 Å². The molecule has 1 amide bonds. The number of hydrogen-bond donors (Lipinski definition) is 2. The molecule has 5 nitrogen and oxygen atoms in total. The van der Waals surface area contributed by atoms with Gasteiger partial charge in [0.15, 0.2) is 0 Å². The van der Waals surface area contributed by atoms with Crippen LogP contribution in [0.2, 0.25) is 0 Å². The smallest absolute Gasteiger partial charge is 0.303 e. The molecule has 0 radical (unpaired) electrons. The third-order valence-electron chi connectivity index (χ3n) is 2.38. The summed E-state index contributed by atoms with van der Waals surface area (Å²) in [7, 11) is 0. The van der Waals surface area contributed by atoms with E-state index in [2.05, 4.69) is 10.3 Å². The quantitative estimate of drug-likeness (QED) is 0.775. The van der Waals surface area contributed by atoms with Crippen LogP contribution in [-0.2, 0) is 22.6 Å². The molecule has 1 heterocycles. The van der Waals surface area contributed by atoms with Crippen molar-refractivity contribution in [2.45, 2.75) is 32.7 Å². The first kappa shape index (κ1) is 13.2. The number of aromatic nitrogens is 1. The van der Waals surface area contributed by atoms with Crippen LogP contribution >= 0.6 is 0 Å². The largest absolute Gasteiger partial charge is 0.481 e. The molecule has 0 unspecified atom stereocenters. The Morgan fingerprint density at radius 1 is 1.41 bits per heavy atom. The van der Waals surface area contributed by atoms with Crippen LogP contribution < -0.4 is 5.32 Å². The average molecular weight is 236 g/mol. The van der Waals surface area contributed by atoms with Crippen molar-refractivity contribution >= 4 is 11.9 Å². The average Bonchev–Trinajstić information content (AvgIpc) is 2.34. The zero-order valence-electron chi connectivity index (χ0n) is 9.77. The molecule has 0 aliphatic heterocycles. The van der Waals surface area contributed by atoms with Crippen LogP contribution in [0.4, 0.5) is 0 Å². The van der Waals surface area contributed by atoms with Crippen LogP contribution in [0, 0.1) is 0 Å². The number of carbonyl (C=O) groups excluding carboxylic acids is 1. The molecule has 17 heavy (non-hydrogen) atoms. The fourth-order valence-electron chi connectivity index (χ4n) is 1.44. The monoisotopic (exact) mass is 236 g/mol. The van der Waals surface area contributed by atoms with E-state index in [1.54, 1.807) is 6.20 Å². The summed E-state index contributed by atoms with van der Waals surface area (Å²) in [6, 6.07) is 3.82. The molecule has 0 saturated carbocycles. The molecule has 2 N–H and O–H groups in total. The summed E-state index contributed by atoms with van der Waals surface area (Å²) < 4.78 is 0. The van der Waals surface area contributed by atoms with Crippen molar-refractivity contribution in [3.05, 3.63) is 29.6 Å². The highest BCUT2D eigenvalue weighted by molar-refractivity contribution is 5.80. The third-order valence-corrected chi connectivity index (χ3v) is 2.38. The molecule has 0 fully saturated rings. The lowest BCUT2D eigenvalue weighted by molar-refractivity contribution is -0.138. The Hall–Kier alpha value is -1.91. The third kappa shape index (κ3) is 4.63. The Morgan fingerprint density at radius 2 is 2.18 bits per heavy atom. The number of aryl methyl sites for hydroxylation is 1. The number of amides is 1. The number of aliphatic carboxylic acids is 1. The second-order valence-electron chi connectivity index (χ2n) is 3.63. The van der Waals surface area contributed by atoms with Gasteiger partial charge in [0.25, 0.3) is 0 Å². The molecule has 0 aliphatic carbocycles. The van der Waals surface area contributed by atoms with E-state index >= 15 is 0 Å². The van der Waals surface area contributed by atoms with Gasteiger partial charge in [0.1, 0.15) is 0 Å². The van der Waals surface area contributed by atoms with E-state index in [0.29, 0.717) is 6.54 Å². The number of nitrogens with one attached hydrogen (secondary N) is 1. The second kappa shape index (κ2) is 6.62. The Balaban J connectivity index is 2.44. The molecular formula is C12H16N2O3. The van der Waals surface area contributed by atoms with E-state index in [1.807, 2.05) is 19.1 Å². The fraction of sp³-hybridized carbons (Fsp3) is 0.417. The van der Waals surface area contributed by atoms with Gasteiger partial charge in [-0.15, -0.1) is 0 Å². The molecule has 1 aromatic rings. The van der Waals surface area contributed by atoms with Crippen molar-refractivity contribution in [3.63, 3.8) is 0 Å². The van der Waals surface area contributed by atoms with Crippen molar-refractivity contribution in [1.82, 2.24) is 10.3 Å². The molecule has 92 valence electrons. The Kier molecular flexibility index (Phi) is 5.13. The molecule has 0 bridgehead atoms. The van der Waals surface area contributed by atoms with E-state index in [4.69, 9.17) is 5.11 Å². The van der Waals surface area contributed by atoms with Gasteiger partial charge in [-0.1, -0.05) is 13.0 Å². The first-order chi connectivity index (χ1) is 8.13. The van der Waals surface area contributed by atoms with E-state index in [-0.39, 0.29) is 18.7 Å². The minimum atomic E-state index is -0.966. The van der Waals surface area contributed by atoms with Gasteiger partial charge in [-0.25, -0.2) is 0 Å². The number of carboxylic acids is 1. The van der Waals surface area contributed by atoms with Crippen molar-refractivity contribution in [1.29, 1.82) is 0 Å². The van der Waals surface area contributed by atoms with Crippen molar-refractivity contribution in [3.8, 4) is 0 Å². The highest BCUT2D eigenvalue weighted by Gasteiger charge is 2.06. The van der Waals surface area contributed by atoms with Crippen molar-refractivity contribution in [2.24, 2.45) is 0 Å². The molecule has 0 atom stereocenters. The molecular weight excluding hydrogens is 220 g/mol. The van der Waals surface area contributed by atoms with Gasteiger partial charge in [0, 0.05) is 12.6 Å². The predicted octanol–water partition coefficient (Wildman–Crippen LogP) is 1.12. The molecule has 0 saturated heterocycles. The molecule has 5 heteroatoms. The van der Waals surface area contributed by atoms with E-state index in [9.17, 15) is 9.59 Å². The highest BCUT2D eigenvalue weighted by Crippen LogP contribution is 2.05. The Morgan fingerprint density at radius 3 is 2.82 bits per heavy atom. The normalized spacial score (nSPS) is 9.94. The van der Waals surface area contributed by atoms with Gasteiger partial charge in [-0.05, 0) is 18.1 Å². The lowest BCUT2D eigenvalue weighted by Crippen LogP contribution is -2.24. The Labute approximate surface area is 99.9 Å². The topological polar surface area (TPSA) is 79.3 Å². The maximum Gasteiger partial charge on any atom is 0.303 e. The van der Waals surface area contributed by atoms with Crippen molar-refractivity contribution in [2.75, 3.05) is 0 Å². The predicted molar refractivity (Wildman–Crippen MR) is 62.3 cm³/mol. The number of hydrogen-bond acceptors (Lipinski definition) is 3. The number of nitrogens with zero attached hydrogens (tertiary/aromatic N) is 1. The summed E-state index contributed by atoms with van der Waals surface area (Å²) in [6.07, 6.45) is 2.39. The van der Waals surface area contributed by atoms with Gasteiger partial charge in [0.2, 0.25) is 5.91 Å². The minimum Gasteiger partial charge on any atom is -0.481 e. The van der Waals surface area contributed by atoms with E-state index in [0.717, 1.165) is 17.7 Å². The zero-order chi connectivity index (χ0) is 12.7. The van der Waals surface area contributed by atoms with Crippen LogP contribution in [0.5, 0.6) is 0 Å². The van der Waals surface area contributed by atoms with E-state index in [1.165, 1.54) is 0 Å². The number of rotatable bonds is 6. The summed E-state index contributed by atoms with van der Waals surface area (Å²) in [6.45, 7) is 2.37. The van der Waals surface area contributed by atoms with Crippen LogP contribution in [0.25, 0.3) is 0 Å². The SMILES string of the molecule is CCc1cccnc1CNC(=O)CCC(=O)O. The lowest BCUT2D eigenvalue weighted by atomic mass is 10.1.